The van der Waals surface area contributed by atoms with E-state index in [2.05, 4.69) is 0 Å². The van der Waals surface area contributed by atoms with Crippen molar-refractivity contribution in [2.24, 2.45) is 0 Å². The fraction of sp³-hybridized carbons (Fsp3) is 0.647. The van der Waals surface area contributed by atoms with Gasteiger partial charge in [0.2, 0.25) is 0 Å². The number of ether oxygens (including phenoxy) is 1. The molecule has 0 aliphatic carbocycles. The van der Waals surface area contributed by atoms with Gasteiger partial charge in [-0.15, -0.1) is 0 Å². The highest BCUT2D eigenvalue weighted by Gasteiger charge is 2.52. The van der Waals surface area contributed by atoms with Crippen LogP contribution in [0.1, 0.15) is 41.5 Å². The van der Waals surface area contributed by atoms with E-state index in [1.165, 1.54) is 0 Å². The zero-order valence-electron chi connectivity index (χ0n) is 16.1. The summed E-state index contributed by atoms with van der Waals surface area (Å²) >= 11 is 0. The Kier molecular flexibility index (Phi) is 6.07. The quantitative estimate of drug-likeness (QED) is 0.543. The fourth-order valence-corrected chi connectivity index (χ4v) is 4.15. The van der Waals surface area contributed by atoms with E-state index in [-0.39, 0.29) is 0 Å². The van der Waals surface area contributed by atoms with Crippen LogP contribution in [-0.2, 0) is 22.9 Å². The van der Waals surface area contributed by atoms with Gasteiger partial charge in [0.15, 0.2) is 0 Å². The van der Waals surface area contributed by atoms with E-state index in [0.29, 0.717) is 24.3 Å². The molecule has 0 spiro atoms. The Bertz CT molecular complexity index is 635. The van der Waals surface area contributed by atoms with Crippen LogP contribution in [0, 0.1) is 0 Å². The number of hydrogen-bond acceptors (Lipinski definition) is 6. The number of hydrogen-bond donors (Lipinski definition) is 0. The summed E-state index contributed by atoms with van der Waals surface area (Å²) in [7, 11) is -2.38. The van der Waals surface area contributed by atoms with E-state index in [1.54, 1.807) is 39.2 Å². The van der Waals surface area contributed by atoms with Gasteiger partial charge in [-0.3, -0.25) is 4.57 Å². The van der Waals surface area contributed by atoms with Crippen molar-refractivity contribution in [1.82, 2.24) is 0 Å². The lowest BCUT2D eigenvalue weighted by Gasteiger charge is -2.32. The molecule has 0 amide bonds. The second-order valence-corrected chi connectivity index (χ2v) is 8.88. The summed E-state index contributed by atoms with van der Waals surface area (Å²) in [5.41, 5.74) is -0.162. The molecule has 0 radical (unpaired) electrons. The van der Waals surface area contributed by atoms with E-state index in [1.807, 2.05) is 27.7 Å². The van der Waals surface area contributed by atoms with Gasteiger partial charge in [-0.05, 0) is 53.7 Å². The number of rotatable bonds is 7. The Balaban J connectivity index is 2.39. The molecule has 0 bridgehead atoms. The molecule has 1 aromatic rings. The summed E-state index contributed by atoms with van der Waals surface area (Å²) in [6.45, 7) is 12.1. The number of benzene rings is 1. The maximum absolute atomic E-state index is 13.0. The first-order valence-corrected chi connectivity index (χ1v) is 10.1. The van der Waals surface area contributed by atoms with Crippen molar-refractivity contribution in [3.63, 3.8) is 0 Å². The molecular formula is C17H28BO6P. The van der Waals surface area contributed by atoms with Gasteiger partial charge in [0.25, 0.3) is 0 Å². The van der Waals surface area contributed by atoms with Gasteiger partial charge in [0.05, 0.1) is 36.8 Å². The smallest absolute Gasteiger partial charge is 0.497 e. The molecule has 1 aliphatic rings. The minimum absolute atomic E-state index is 0.290. The second-order valence-electron chi connectivity index (χ2n) is 6.85. The molecule has 25 heavy (non-hydrogen) atoms. The summed E-state index contributed by atoms with van der Waals surface area (Å²) in [5, 5.41) is 0.452. The van der Waals surface area contributed by atoms with Crippen LogP contribution < -0.4 is 15.5 Å². The molecular weight excluding hydrogens is 342 g/mol. The predicted octanol–water partition coefficient (Wildman–Crippen LogP) is 2.89. The average Bonchev–Trinajstić information content (AvgIpc) is 2.75. The number of methoxy groups -OCH3 is 1. The molecule has 1 aliphatic heterocycles. The molecule has 0 N–H and O–H groups in total. The molecule has 0 unspecified atom stereocenters. The predicted molar refractivity (Wildman–Crippen MR) is 99.2 cm³/mol. The van der Waals surface area contributed by atoms with Gasteiger partial charge < -0.3 is 23.1 Å². The van der Waals surface area contributed by atoms with Crippen molar-refractivity contribution < 1.29 is 27.7 Å². The van der Waals surface area contributed by atoms with Crippen molar-refractivity contribution in [3.8, 4) is 5.75 Å². The first-order valence-electron chi connectivity index (χ1n) is 8.53. The summed E-state index contributed by atoms with van der Waals surface area (Å²) in [6.07, 6.45) is 0. The lowest BCUT2D eigenvalue weighted by atomic mass is 9.78. The molecule has 1 fully saturated rings. The lowest BCUT2D eigenvalue weighted by molar-refractivity contribution is 0.00578. The van der Waals surface area contributed by atoms with Gasteiger partial charge in [-0.1, -0.05) is 6.07 Å². The van der Waals surface area contributed by atoms with E-state index in [9.17, 15) is 4.57 Å². The van der Waals surface area contributed by atoms with Crippen LogP contribution in [-0.4, -0.2) is 38.6 Å². The van der Waals surface area contributed by atoms with E-state index >= 15 is 0 Å². The molecule has 1 heterocycles. The summed E-state index contributed by atoms with van der Waals surface area (Å²) in [6, 6.07) is 5.18. The van der Waals surface area contributed by atoms with Crippen LogP contribution in [0.15, 0.2) is 18.2 Å². The third-order valence-corrected chi connectivity index (χ3v) is 6.75. The molecule has 140 valence electrons. The molecule has 6 nitrogen and oxygen atoms in total. The van der Waals surface area contributed by atoms with Crippen molar-refractivity contribution in [2.45, 2.75) is 52.7 Å². The highest BCUT2D eigenvalue weighted by atomic mass is 31.2. The minimum atomic E-state index is -3.38. The normalized spacial score (nSPS) is 19.2. The highest BCUT2D eigenvalue weighted by molar-refractivity contribution is 7.62. The maximum atomic E-state index is 13.0. The fourth-order valence-electron chi connectivity index (χ4n) is 2.56. The van der Waals surface area contributed by atoms with Gasteiger partial charge in [0.1, 0.15) is 5.75 Å². The molecule has 8 heteroatoms. The van der Waals surface area contributed by atoms with Crippen molar-refractivity contribution >= 4 is 25.5 Å². The Morgan fingerprint density at radius 1 is 1.04 bits per heavy atom. The molecule has 0 aromatic heterocycles. The van der Waals surface area contributed by atoms with Gasteiger partial charge in [0, 0.05) is 5.46 Å². The van der Waals surface area contributed by atoms with Crippen molar-refractivity contribution in [1.29, 1.82) is 0 Å². The summed E-state index contributed by atoms with van der Waals surface area (Å²) in [5.74, 6) is 0.524. The third-order valence-electron chi connectivity index (χ3n) is 4.64. The topological polar surface area (TPSA) is 63.2 Å². The molecule has 0 atom stereocenters. The van der Waals surface area contributed by atoms with Crippen LogP contribution in [0.3, 0.4) is 0 Å². The monoisotopic (exact) mass is 370 g/mol. The van der Waals surface area contributed by atoms with E-state index in [0.717, 1.165) is 5.46 Å². The third kappa shape index (κ3) is 3.96. The van der Waals surface area contributed by atoms with Crippen LogP contribution >= 0.6 is 7.60 Å². The Morgan fingerprint density at radius 2 is 1.56 bits per heavy atom. The Labute approximate surface area is 150 Å². The summed E-state index contributed by atoms with van der Waals surface area (Å²) in [4.78, 5) is 0. The highest BCUT2D eigenvalue weighted by Crippen LogP contribution is 2.47. The lowest BCUT2D eigenvalue weighted by Crippen LogP contribution is -2.41. The Morgan fingerprint density at radius 3 is 2.00 bits per heavy atom. The minimum Gasteiger partial charge on any atom is -0.497 e. The van der Waals surface area contributed by atoms with Gasteiger partial charge in [-0.2, -0.15) is 0 Å². The standard InChI is InChI=1S/C17H28BO6P/c1-8-21-25(19,22-9-2)13-10-11-14(15(12-13)20-7)18-23-16(3,4)17(5,6)24-18/h10-12H,8-9H2,1-7H3. The SMILES string of the molecule is CCOP(=O)(OCC)c1ccc(B2OC(C)(C)C(C)(C)O2)c(OC)c1. The zero-order chi connectivity index (χ0) is 18.9. The van der Waals surface area contributed by atoms with E-state index in [4.69, 9.17) is 23.1 Å². The largest absolute Gasteiger partial charge is 0.498 e. The van der Waals surface area contributed by atoms with Crippen LogP contribution in [0.2, 0.25) is 0 Å². The Hall–Kier alpha value is -0.845. The first-order chi connectivity index (χ1) is 11.6. The van der Waals surface area contributed by atoms with E-state index < -0.39 is 25.9 Å². The van der Waals surface area contributed by atoms with Crippen LogP contribution in [0.25, 0.3) is 0 Å². The maximum Gasteiger partial charge on any atom is 0.498 e. The molecule has 0 saturated carbocycles. The first kappa shape index (κ1) is 20.5. The molecule has 2 rings (SSSR count). The molecule has 1 saturated heterocycles. The van der Waals surface area contributed by atoms with Crippen molar-refractivity contribution in [3.05, 3.63) is 18.2 Å². The average molecular weight is 370 g/mol. The van der Waals surface area contributed by atoms with Gasteiger partial charge in [-0.25, -0.2) is 0 Å². The van der Waals surface area contributed by atoms with Crippen LogP contribution in [0.5, 0.6) is 5.75 Å². The summed E-state index contributed by atoms with van der Waals surface area (Å²) < 4.78 is 41.4. The van der Waals surface area contributed by atoms with Crippen molar-refractivity contribution in [2.75, 3.05) is 20.3 Å². The zero-order valence-corrected chi connectivity index (χ0v) is 17.0. The second kappa shape index (κ2) is 7.41. The van der Waals surface area contributed by atoms with Crippen LogP contribution in [0.4, 0.5) is 0 Å². The van der Waals surface area contributed by atoms with Gasteiger partial charge >= 0.3 is 14.7 Å². The molecule has 1 aromatic carbocycles.